The summed E-state index contributed by atoms with van der Waals surface area (Å²) in [5.41, 5.74) is 2.34. The predicted molar refractivity (Wildman–Crippen MR) is 91.7 cm³/mol. The second kappa shape index (κ2) is 7.41. The molecule has 0 amide bonds. The van der Waals surface area contributed by atoms with Crippen molar-refractivity contribution >= 4 is 16.7 Å². The van der Waals surface area contributed by atoms with Gasteiger partial charge in [-0.15, -0.1) is 0 Å². The monoisotopic (exact) mass is 285 g/mol. The van der Waals surface area contributed by atoms with Crippen LogP contribution in [0.3, 0.4) is 0 Å². The Morgan fingerprint density at radius 2 is 2.00 bits per heavy atom. The third kappa shape index (κ3) is 3.94. The molecule has 21 heavy (non-hydrogen) atoms. The van der Waals surface area contributed by atoms with Gasteiger partial charge in [-0.3, -0.25) is 4.90 Å². The highest BCUT2D eigenvalue weighted by molar-refractivity contribution is 5.81. The standard InChI is InChI=1S/C18H27N3/c1-5-11-19-18-16(13-21(4)14(3)6-2)12-15-9-7-8-10-17(15)20-18/h7-10,12,14H,5-6,11,13H2,1-4H3,(H,19,20). The highest BCUT2D eigenvalue weighted by atomic mass is 15.1. The van der Waals surface area contributed by atoms with E-state index in [1.54, 1.807) is 0 Å². The molecule has 114 valence electrons. The molecule has 1 unspecified atom stereocenters. The molecule has 1 heterocycles. The molecular formula is C18H27N3. The van der Waals surface area contributed by atoms with Crippen molar-refractivity contribution < 1.29 is 0 Å². The molecule has 3 nitrogen and oxygen atoms in total. The smallest absolute Gasteiger partial charge is 0.131 e. The second-order valence-corrected chi connectivity index (χ2v) is 5.79. The van der Waals surface area contributed by atoms with Crippen LogP contribution in [0.25, 0.3) is 10.9 Å². The van der Waals surface area contributed by atoms with E-state index in [4.69, 9.17) is 4.98 Å². The van der Waals surface area contributed by atoms with E-state index in [0.717, 1.165) is 37.3 Å². The molecule has 2 aromatic rings. The largest absolute Gasteiger partial charge is 0.370 e. The Morgan fingerprint density at radius 1 is 1.24 bits per heavy atom. The van der Waals surface area contributed by atoms with Crippen molar-refractivity contribution in [3.8, 4) is 0 Å². The van der Waals surface area contributed by atoms with Crippen LogP contribution in [-0.2, 0) is 6.54 Å². The van der Waals surface area contributed by atoms with Crippen LogP contribution in [0, 0.1) is 0 Å². The summed E-state index contributed by atoms with van der Waals surface area (Å²) in [5.74, 6) is 1.03. The Hall–Kier alpha value is -1.61. The molecule has 1 N–H and O–H groups in total. The van der Waals surface area contributed by atoms with Gasteiger partial charge in [-0.05, 0) is 38.9 Å². The van der Waals surface area contributed by atoms with Gasteiger partial charge in [0.15, 0.2) is 0 Å². The maximum absolute atomic E-state index is 4.81. The van der Waals surface area contributed by atoms with E-state index in [0.29, 0.717) is 6.04 Å². The van der Waals surface area contributed by atoms with Crippen molar-refractivity contribution in [1.82, 2.24) is 9.88 Å². The molecule has 0 bridgehead atoms. The number of fused-ring (bicyclic) bond motifs is 1. The van der Waals surface area contributed by atoms with Crippen LogP contribution in [-0.4, -0.2) is 29.5 Å². The van der Waals surface area contributed by atoms with Gasteiger partial charge in [-0.2, -0.15) is 0 Å². The fourth-order valence-electron chi connectivity index (χ4n) is 2.41. The number of hydrogen-bond donors (Lipinski definition) is 1. The number of aromatic nitrogens is 1. The minimum absolute atomic E-state index is 0.579. The van der Waals surface area contributed by atoms with Gasteiger partial charge in [0.25, 0.3) is 0 Å². The number of anilines is 1. The van der Waals surface area contributed by atoms with Crippen molar-refractivity contribution in [2.24, 2.45) is 0 Å². The van der Waals surface area contributed by atoms with Crippen molar-refractivity contribution in [3.05, 3.63) is 35.9 Å². The zero-order valence-corrected chi connectivity index (χ0v) is 13.7. The van der Waals surface area contributed by atoms with Gasteiger partial charge in [-0.1, -0.05) is 32.0 Å². The zero-order chi connectivity index (χ0) is 15.2. The maximum Gasteiger partial charge on any atom is 0.131 e. The predicted octanol–water partition coefficient (Wildman–Crippen LogP) is 4.29. The van der Waals surface area contributed by atoms with Crippen molar-refractivity contribution in [2.75, 3.05) is 18.9 Å². The molecule has 0 fully saturated rings. The van der Waals surface area contributed by atoms with Gasteiger partial charge in [0.05, 0.1) is 5.52 Å². The molecule has 0 saturated carbocycles. The Balaban J connectivity index is 2.33. The molecule has 1 atom stereocenters. The topological polar surface area (TPSA) is 28.2 Å². The van der Waals surface area contributed by atoms with Crippen LogP contribution >= 0.6 is 0 Å². The summed E-state index contributed by atoms with van der Waals surface area (Å²) in [4.78, 5) is 7.20. The Kier molecular flexibility index (Phi) is 5.57. The summed E-state index contributed by atoms with van der Waals surface area (Å²) in [6.07, 6.45) is 2.27. The molecule has 3 heteroatoms. The van der Waals surface area contributed by atoms with E-state index in [2.05, 4.69) is 62.3 Å². The van der Waals surface area contributed by atoms with Crippen molar-refractivity contribution in [3.63, 3.8) is 0 Å². The number of nitrogens with one attached hydrogen (secondary N) is 1. The van der Waals surface area contributed by atoms with Crippen molar-refractivity contribution in [2.45, 2.75) is 46.2 Å². The third-order valence-corrected chi connectivity index (χ3v) is 4.11. The lowest BCUT2D eigenvalue weighted by Crippen LogP contribution is -2.28. The number of rotatable bonds is 7. The Morgan fingerprint density at radius 3 is 2.71 bits per heavy atom. The minimum atomic E-state index is 0.579. The van der Waals surface area contributed by atoms with Crippen LogP contribution < -0.4 is 5.32 Å². The molecule has 1 aromatic heterocycles. The van der Waals surface area contributed by atoms with E-state index >= 15 is 0 Å². The van der Waals surface area contributed by atoms with Crippen LogP contribution in [0.1, 0.15) is 39.2 Å². The number of pyridine rings is 1. The van der Waals surface area contributed by atoms with E-state index < -0.39 is 0 Å². The first-order chi connectivity index (χ1) is 10.2. The van der Waals surface area contributed by atoms with E-state index in [1.165, 1.54) is 10.9 Å². The molecule has 0 aliphatic heterocycles. The van der Waals surface area contributed by atoms with Crippen molar-refractivity contribution in [1.29, 1.82) is 0 Å². The van der Waals surface area contributed by atoms with E-state index in [9.17, 15) is 0 Å². The lowest BCUT2D eigenvalue weighted by atomic mass is 10.1. The van der Waals surface area contributed by atoms with Gasteiger partial charge < -0.3 is 5.32 Å². The first-order valence-electron chi connectivity index (χ1n) is 7.98. The summed E-state index contributed by atoms with van der Waals surface area (Å²) in [5, 5.41) is 4.69. The highest BCUT2D eigenvalue weighted by Gasteiger charge is 2.12. The van der Waals surface area contributed by atoms with Crippen LogP contribution in [0.15, 0.2) is 30.3 Å². The number of para-hydroxylation sites is 1. The lowest BCUT2D eigenvalue weighted by molar-refractivity contribution is 0.244. The molecule has 0 saturated heterocycles. The average molecular weight is 285 g/mol. The SMILES string of the molecule is CCCNc1nc2ccccc2cc1CN(C)C(C)CC. The van der Waals surface area contributed by atoms with E-state index in [-0.39, 0.29) is 0 Å². The fourth-order valence-corrected chi connectivity index (χ4v) is 2.41. The minimum Gasteiger partial charge on any atom is -0.370 e. The fraction of sp³-hybridized carbons (Fsp3) is 0.500. The molecule has 0 aliphatic rings. The highest BCUT2D eigenvalue weighted by Crippen LogP contribution is 2.22. The van der Waals surface area contributed by atoms with Gasteiger partial charge in [-0.25, -0.2) is 4.98 Å². The first kappa shape index (κ1) is 15.8. The molecule has 0 spiro atoms. The van der Waals surface area contributed by atoms with Gasteiger partial charge in [0.2, 0.25) is 0 Å². The van der Waals surface area contributed by atoms with Gasteiger partial charge in [0.1, 0.15) is 5.82 Å². The maximum atomic E-state index is 4.81. The second-order valence-electron chi connectivity index (χ2n) is 5.79. The summed E-state index contributed by atoms with van der Waals surface area (Å²) < 4.78 is 0. The molecule has 0 radical (unpaired) electrons. The van der Waals surface area contributed by atoms with Crippen LogP contribution in [0.2, 0.25) is 0 Å². The molecule has 2 rings (SSSR count). The summed E-state index contributed by atoms with van der Waals surface area (Å²) >= 11 is 0. The van der Waals surface area contributed by atoms with E-state index in [1.807, 2.05) is 6.07 Å². The van der Waals surface area contributed by atoms with Crippen LogP contribution in [0.5, 0.6) is 0 Å². The number of benzene rings is 1. The van der Waals surface area contributed by atoms with Gasteiger partial charge in [0, 0.05) is 30.1 Å². The van der Waals surface area contributed by atoms with Crippen LogP contribution in [0.4, 0.5) is 5.82 Å². The average Bonchev–Trinajstić information content (AvgIpc) is 2.51. The lowest BCUT2D eigenvalue weighted by Gasteiger charge is -2.24. The molecular weight excluding hydrogens is 258 g/mol. The molecule has 0 aliphatic carbocycles. The molecule has 1 aromatic carbocycles. The first-order valence-corrected chi connectivity index (χ1v) is 7.98. The number of hydrogen-bond acceptors (Lipinski definition) is 3. The summed E-state index contributed by atoms with van der Waals surface area (Å²) in [6, 6.07) is 11.2. The number of nitrogens with zero attached hydrogens (tertiary/aromatic N) is 2. The summed E-state index contributed by atoms with van der Waals surface area (Å²) in [7, 11) is 2.19. The Labute approximate surface area is 128 Å². The summed E-state index contributed by atoms with van der Waals surface area (Å²) in [6.45, 7) is 8.58. The quantitative estimate of drug-likeness (QED) is 0.822. The third-order valence-electron chi connectivity index (χ3n) is 4.11. The zero-order valence-electron chi connectivity index (χ0n) is 13.7. The Bertz CT molecular complexity index is 580. The normalized spacial score (nSPS) is 12.8. The van der Waals surface area contributed by atoms with Gasteiger partial charge >= 0.3 is 0 Å².